The number of rotatable bonds is 4. The van der Waals surface area contributed by atoms with Gasteiger partial charge in [-0.15, -0.1) is 0 Å². The van der Waals surface area contributed by atoms with Gasteiger partial charge in [-0.2, -0.15) is 5.10 Å². The van der Waals surface area contributed by atoms with Crippen molar-refractivity contribution in [1.82, 2.24) is 9.78 Å². The third kappa shape index (κ3) is 1.92. The fraction of sp³-hybridized carbons (Fsp3) is 0.250. The van der Waals surface area contributed by atoms with Gasteiger partial charge in [0.15, 0.2) is 0 Å². The molecular formula is C12H15N3O. The fourth-order valence-electron chi connectivity index (χ4n) is 1.78. The van der Waals surface area contributed by atoms with Crippen molar-refractivity contribution in [2.24, 2.45) is 5.73 Å². The van der Waals surface area contributed by atoms with E-state index in [2.05, 4.69) is 5.10 Å². The molecule has 84 valence electrons. The molecule has 1 heterocycles. The lowest BCUT2D eigenvalue weighted by Gasteiger charge is -2.18. The molecule has 0 fully saturated rings. The maximum absolute atomic E-state index is 5.80. The van der Waals surface area contributed by atoms with E-state index in [4.69, 9.17) is 10.5 Å². The third-order valence-corrected chi connectivity index (χ3v) is 2.57. The van der Waals surface area contributed by atoms with Gasteiger partial charge in [-0.3, -0.25) is 4.68 Å². The summed E-state index contributed by atoms with van der Waals surface area (Å²) in [5, 5.41) is 4.22. The van der Waals surface area contributed by atoms with E-state index in [0.29, 0.717) is 6.54 Å². The van der Waals surface area contributed by atoms with Crippen LogP contribution in [0.4, 0.5) is 0 Å². The van der Waals surface area contributed by atoms with Gasteiger partial charge in [-0.25, -0.2) is 0 Å². The Labute approximate surface area is 94.6 Å². The van der Waals surface area contributed by atoms with Crippen LogP contribution in [0.25, 0.3) is 0 Å². The first-order chi connectivity index (χ1) is 7.86. The SMILES string of the molecule is COc1ccccc1C(CN)n1cccn1. The topological polar surface area (TPSA) is 53.1 Å². The Hall–Kier alpha value is -1.81. The van der Waals surface area contributed by atoms with E-state index < -0.39 is 0 Å². The van der Waals surface area contributed by atoms with Gasteiger partial charge in [0.2, 0.25) is 0 Å². The maximum atomic E-state index is 5.80. The van der Waals surface area contributed by atoms with E-state index in [1.807, 2.05) is 41.2 Å². The third-order valence-electron chi connectivity index (χ3n) is 2.57. The molecule has 16 heavy (non-hydrogen) atoms. The number of hydrogen-bond donors (Lipinski definition) is 1. The first kappa shape index (κ1) is 10.7. The molecule has 0 spiro atoms. The van der Waals surface area contributed by atoms with E-state index in [1.54, 1.807) is 13.3 Å². The van der Waals surface area contributed by atoms with Gasteiger partial charge in [-0.1, -0.05) is 18.2 Å². The second-order valence-corrected chi connectivity index (χ2v) is 3.48. The molecule has 4 nitrogen and oxygen atoms in total. The van der Waals surface area contributed by atoms with Crippen LogP contribution in [0.2, 0.25) is 0 Å². The monoisotopic (exact) mass is 217 g/mol. The van der Waals surface area contributed by atoms with Crippen molar-refractivity contribution in [2.45, 2.75) is 6.04 Å². The minimum Gasteiger partial charge on any atom is -0.496 e. The van der Waals surface area contributed by atoms with Crippen LogP contribution in [0.1, 0.15) is 11.6 Å². The quantitative estimate of drug-likeness (QED) is 0.843. The van der Waals surface area contributed by atoms with Crippen molar-refractivity contribution < 1.29 is 4.74 Å². The van der Waals surface area contributed by atoms with Gasteiger partial charge in [0.05, 0.1) is 13.2 Å². The Morgan fingerprint density at radius 2 is 2.19 bits per heavy atom. The molecule has 1 aromatic heterocycles. The van der Waals surface area contributed by atoms with Crippen LogP contribution in [0.3, 0.4) is 0 Å². The molecular weight excluding hydrogens is 202 g/mol. The zero-order valence-corrected chi connectivity index (χ0v) is 9.21. The summed E-state index contributed by atoms with van der Waals surface area (Å²) in [5.74, 6) is 0.841. The molecule has 0 aliphatic carbocycles. The summed E-state index contributed by atoms with van der Waals surface area (Å²) in [5.41, 5.74) is 6.86. The average molecular weight is 217 g/mol. The van der Waals surface area contributed by atoms with Gasteiger partial charge in [0, 0.05) is 24.5 Å². The zero-order chi connectivity index (χ0) is 11.4. The number of nitrogens with two attached hydrogens (primary N) is 1. The predicted octanol–water partition coefficient (Wildman–Crippen LogP) is 1.44. The van der Waals surface area contributed by atoms with Crippen LogP contribution < -0.4 is 10.5 Å². The first-order valence-corrected chi connectivity index (χ1v) is 5.19. The average Bonchev–Trinajstić information content (AvgIpc) is 2.84. The Morgan fingerprint density at radius 1 is 1.38 bits per heavy atom. The summed E-state index contributed by atoms with van der Waals surface area (Å²) in [7, 11) is 1.66. The standard InChI is InChI=1S/C12H15N3O/c1-16-12-6-3-2-5-10(12)11(9-13)15-8-4-7-14-15/h2-8,11H,9,13H2,1H3. The summed E-state index contributed by atoms with van der Waals surface area (Å²) in [6, 6.07) is 9.77. The van der Waals surface area contributed by atoms with E-state index in [-0.39, 0.29) is 6.04 Å². The molecule has 0 saturated carbocycles. The van der Waals surface area contributed by atoms with Crippen LogP contribution in [0, 0.1) is 0 Å². The minimum absolute atomic E-state index is 0.0196. The summed E-state index contributed by atoms with van der Waals surface area (Å²) >= 11 is 0. The fourth-order valence-corrected chi connectivity index (χ4v) is 1.78. The lowest BCUT2D eigenvalue weighted by Crippen LogP contribution is -2.21. The number of methoxy groups -OCH3 is 1. The number of benzene rings is 1. The van der Waals surface area contributed by atoms with Crippen LogP contribution in [-0.2, 0) is 0 Å². The molecule has 1 atom stereocenters. The van der Waals surface area contributed by atoms with Crippen molar-refractivity contribution in [3.8, 4) is 5.75 Å². The molecule has 0 radical (unpaired) electrons. The number of ether oxygens (including phenoxy) is 1. The highest BCUT2D eigenvalue weighted by Gasteiger charge is 2.15. The Kier molecular flexibility index (Phi) is 3.22. The Bertz CT molecular complexity index is 439. The van der Waals surface area contributed by atoms with Crippen molar-refractivity contribution in [1.29, 1.82) is 0 Å². The predicted molar refractivity (Wildman–Crippen MR) is 62.4 cm³/mol. The molecule has 1 aromatic carbocycles. The number of para-hydroxylation sites is 1. The van der Waals surface area contributed by atoms with Gasteiger partial charge in [0.25, 0.3) is 0 Å². The molecule has 2 aromatic rings. The van der Waals surface area contributed by atoms with Gasteiger partial charge in [-0.05, 0) is 12.1 Å². The van der Waals surface area contributed by atoms with Gasteiger partial charge >= 0.3 is 0 Å². The number of hydrogen-bond acceptors (Lipinski definition) is 3. The van der Waals surface area contributed by atoms with Crippen molar-refractivity contribution >= 4 is 0 Å². The molecule has 2 rings (SSSR count). The van der Waals surface area contributed by atoms with Gasteiger partial charge < -0.3 is 10.5 Å². The molecule has 0 saturated heterocycles. The van der Waals surface area contributed by atoms with Crippen LogP contribution in [0.15, 0.2) is 42.7 Å². The van der Waals surface area contributed by atoms with Crippen LogP contribution in [0.5, 0.6) is 5.75 Å². The van der Waals surface area contributed by atoms with E-state index in [9.17, 15) is 0 Å². The molecule has 0 amide bonds. The van der Waals surface area contributed by atoms with Crippen molar-refractivity contribution in [3.05, 3.63) is 48.3 Å². The van der Waals surface area contributed by atoms with Crippen molar-refractivity contribution in [3.63, 3.8) is 0 Å². The highest BCUT2D eigenvalue weighted by molar-refractivity contribution is 5.36. The molecule has 4 heteroatoms. The number of aromatic nitrogens is 2. The highest BCUT2D eigenvalue weighted by Crippen LogP contribution is 2.26. The zero-order valence-electron chi connectivity index (χ0n) is 9.21. The summed E-state index contributed by atoms with van der Waals surface area (Å²) < 4.78 is 7.17. The summed E-state index contributed by atoms with van der Waals surface area (Å²) in [6.07, 6.45) is 3.65. The van der Waals surface area contributed by atoms with E-state index in [0.717, 1.165) is 11.3 Å². The second kappa shape index (κ2) is 4.81. The maximum Gasteiger partial charge on any atom is 0.124 e. The largest absolute Gasteiger partial charge is 0.496 e. The molecule has 0 aliphatic rings. The Balaban J connectivity index is 2.41. The molecule has 0 aliphatic heterocycles. The lowest BCUT2D eigenvalue weighted by molar-refractivity contribution is 0.398. The highest BCUT2D eigenvalue weighted by atomic mass is 16.5. The number of nitrogens with zero attached hydrogens (tertiary/aromatic N) is 2. The first-order valence-electron chi connectivity index (χ1n) is 5.19. The van der Waals surface area contributed by atoms with E-state index >= 15 is 0 Å². The van der Waals surface area contributed by atoms with Crippen molar-refractivity contribution in [2.75, 3.05) is 13.7 Å². The lowest BCUT2D eigenvalue weighted by atomic mass is 10.1. The Morgan fingerprint density at radius 3 is 2.81 bits per heavy atom. The summed E-state index contributed by atoms with van der Waals surface area (Å²) in [6.45, 7) is 0.488. The van der Waals surface area contributed by atoms with Gasteiger partial charge in [0.1, 0.15) is 5.75 Å². The van der Waals surface area contributed by atoms with Crippen LogP contribution in [-0.4, -0.2) is 23.4 Å². The molecule has 1 unspecified atom stereocenters. The molecule has 2 N–H and O–H groups in total. The van der Waals surface area contributed by atoms with Crippen LogP contribution >= 0.6 is 0 Å². The molecule has 0 bridgehead atoms. The minimum atomic E-state index is 0.0196. The smallest absolute Gasteiger partial charge is 0.124 e. The summed E-state index contributed by atoms with van der Waals surface area (Å²) in [4.78, 5) is 0. The second-order valence-electron chi connectivity index (χ2n) is 3.48. The van der Waals surface area contributed by atoms with E-state index in [1.165, 1.54) is 0 Å². The normalized spacial score (nSPS) is 12.4.